The third-order valence-corrected chi connectivity index (χ3v) is 1.84. The number of benzene rings is 1. The first kappa shape index (κ1) is 11.9. The van der Waals surface area contributed by atoms with Gasteiger partial charge in [-0.1, -0.05) is 6.07 Å². The standard InChI is InChI=1S/C9H11N3O4/c1-10-11(2)9(13)16-8-5-3-4-7(6-8)12(14)15/h3-6,10H,1-2H3. The minimum Gasteiger partial charge on any atom is -0.409 e. The van der Waals surface area contributed by atoms with E-state index in [1.807, 2.05) is 0 Å². The molecule has 0 bridgehead atoms. The van der Waals surface area contributed by atoms with Crippen molar-refractivity contribution in [1.82, 2.24) is 10.4 Å². The summed E-state index contributed by atoms with van der Waals surface area (Å²) in [6.45, 7) is 0. The number of carbonyl (C=O) groups is 1. The van der Waals surface area contributed by atoms with Gasteiger partial charge in [0, 0.05) is 20.2 Å². The van der Waals surface area contributed by atoms with Crippen molar-refractivity contribution in [2.75, 3.05) is 14.1 Å². The number of nitrogens with zero attached hydrogens (tertiary/aromatic N) is 2. The number of non-ortho nitro benzene ring substituents is 1. The van der Waals surface area contributed by atoms with Crippen molar-refractivity contribution in [2.24, 2.45) is 0 Å². The fourth-order valence-electron chi connectivity index (χ4n) is 0.921. The van der Waals surface area contributed by atoms with Crippen LogP contribution in [0.5, 0.6) is 5.75 Å². The highest BCUT2D eigenvalue weighted by atomic mass is 16.6. The number of hydrogen-bond donors (Lipinski definition) is 1. The highest BCUT2D eigenvalue weighted by Gasteiger charge is 2.12. The molecule has 1 aromatic carbocycles. The molecule has 0 saturated carbocycles. The van der Waals surface area contributed by atoms with Gasteiger partial charge in [0.25, 0.3) is 5.69 Å². The summed E-state index contributed by atoms with van der Waals surface area (Å²) in [4.78, 5) is 21.2. The molecule has 0 unspecified atom stereocenters. The minimum absolute atomic E-state index is 0.126. The van der Waals surface area contributed by atoms with E-state index >= 15 is 0 Å². The molecule has 0 saturated heterocycles. The molecule has 1 N–H and O–H groups in total. The van der Waals surface area contributed by atoms with Crippen LogP contribution in [0.25, 0.3) is 0 Å². The number of nitro benzene ring substituents is 1. The van der Waals surface area contributed by atoms with Gasteiger partial charge in [0.15, 0.2) is 0 Å². The Kier molecular flexibility index (Phi) is 3.78. The van der Waals surface area contributed by atoms with Gasteiger partial charge in [-0.15, -0.1) is 0 Å². The monoisotopic (exact) mass is 225 g/mol. The molecule has 1 amide bonds. The van der Waals surface area contributed by atoms with Crippen LogP contribution in [0.4, 0.5) is 10.5 Å². The second-order valence-corrected chi connectivity index (χ2v) is 2.91. The first-order valence-electron chi connectivity index (χ1n) is 4.42. The van der Waals surface area contributed by atoms with E-state index in [1.54, 1.807) is 7.05 Å². The second-order valence-electron chi connectivity index (χ2n) is 2.91. The molecule has 1 rings (SSSR count). The van der Waals surface area contributed by atoms with Gasteiger partial charge in [-0.2, -0.15) is 0 Å². The highest BCUT2D eigenvalue weighted by Crippen LogP contribution is 2.19. The van der Waals surface area contributed by atoms with Crippen LogP contribution in [0.3, 0.4) is 0 Å². The van der Waals surface area contributed by atoms with E-state index in [9.17, 15) is 14.9 Å². The van der Waals surface area contributed by atoms with Crippen LogP contribution in [0.1, 0.15) is 0 Å². The lowest BCUT2D eigenvalue weighted by molar-refractivity contribution is -0.384. The Labute approximate surface area is 91.7 Å². The van der Waals surface area contributed by atoms with Crippen molar-refractivity contribution in [2.45, 2.75) is 0 Å². The van der Waals surface area contributed by atoms with Crippen molar-refractivity contribution in [3.8, 4) is 5.75 Å². The molecular weight excluding hydrogens is 214 g/mol. The maximum atomic E-state index is 11.3. The van der Waals surface area contributed by atoms with Crippen molar-refractivity contribution < 1.29 is 14.5 Å². The molecule has 16 heavy (non-hydrogen) atoms. The number of nitrogens with one attached hydrogen (secondary N) is 1. The average molecular weight is 225 g/mol. The van der Waals surface area contributed by atoms with Gasteiger partial charge >= 0.3 is 6.09 Å². The van der Waals surface area contributed by atoms with Crippen LogP contribution in [0.2, 0.25) is 0 Å². The summed E-state index contributed by atoms with van der Waals surface area (Å²) in [7, 11) is 3.02. The summed E-state index contributed by atoms with van der Waals surface area (Å²) in [5.74, 6) is 0.126. The molecule has 0 atom stereocenters. The topological polar surface area (TPSA) is 84.7 Å². The molecule has 0 aromatic heterocycles. The highest BCUT2D eigenvalue weighted by molar-refractivity contribution is 5.70. The van der Waals surface area contributed by atoms with Crippen LogP contribution >= 0.6 is 0 Å². The number of carbonyl (C=O) groups excluding carboxylic acids is 1. The van der Waals surface area contributed by atoms with E-state index in [0.29, 0.717) is 0 Å². The number of ether oxygens (including phenoxy) is 1. The zero-order chi connectivity index (χ0) is 12.1. The molecule has 0 aliphatic carbocycles. The van der Waals surface area contributed by atoms with E-state index in [2.05, 4.69) is 5.43 Å². The van der Waals surface area contributed by atoms with E-state index in [-0.39, 0.29) is 11.4 Å². The zero-order valence-electron chi connectivity index (χ0n) is 8.84. The lowest BCUT2D eigenvalue weighted by atomic mass is 10.3. The maximum absolute atomic E-state index is 11.3. The fourth-order valence-corrected chi connectivity index (χ4v) is 0.921. The lowest BCUT2D eigenvalue weighted by Gasteiger charge is -2.14. The number of nitro groups is 1. The number of hydrogen-bond acceptors (Lipinski definition) is 5. The van der Waals surface area contributed by atoms with Gasteiger partial charge < -0.3 is 4.74 Å². The number of rotatable bonds is 3. The third kappa shape index (κ3) is 2.92. The Morgan fingerprint density at radius 3 is 2.81 bits per heavy atom. The van der Waals surface area contributed by atoms with Gasteiger partial charge in [0.2, 0.25) is 0 Å². The predicted octanol–water partition coefficient (Wildman–Crippen LogP) is 1.16. The maximum Gasteiger partial charge on any atom is 0.429 e. The summed E-state index contributed by atoms with van der Waals surface area (Å²) < 4.78 is 4.88. The van der Waals surface area contributed by atoms with Crippen molar-refractivity contribution >= 4 is 11.8 Å². The Bertz CT molecular complexity index is 407. The number of amides is 1. The molecule has 0 radical (unpaired) electrons. The molecule has 1 aromatic rings. The van der Waals surface area contributed by atoms with Gasteiger partial charge in [-0.3, -0.25) is 10.1 Å². The first-order chi connectivity index (χ1) is 7.54. The summed E-state index contributed by atoms with van der Waals surface area (Å²) >= 11 is 0. The lowest BCUT2D eigenvalue weighted by Crippen LogP contribution is -2.38. The molecule has 86 valence electrons. The molecule has 0 spiro atoms. The Morgan fingerprint density at radius 2 is 2.25 bits per heavy atom. The molecule has 0 heterocycles. The van der Waals surface area contributed by atoms with Crippen LogP contribution in [-0.2, 0) is 0 Å². The molecule has 0 fully saturated rings. The first-order valence-corrected chi connectivity index (χ1v) is 4.42. The minimum atomic E-state index is -0.650. The molecule has 0 aliphatic heterocycles. The van der Waals surface area contributed by atoms with Crippen LogP contribution in [-0.4, -0.2) is 30.1 Å². The van der Waals surface area contributed by atoms with Gasteiger partial charge in [0.05, 0.1) is 11.0 Å². The largest absolute Gasteiger partial charge is 0.429 e. The SMILES string of the molecule is CNN(C)C(=O)Oc1cccc([N+](=O)[O-])c1. The average Bonchev–Trinajstić information content (AvgIpc) is 2.28. The smallest absolute Gasteiger partial charge is 0.409 e. The Hall–Kier alpha value is -2.15. The fraction of sp³-hybridized carbons (Fsp3) is 0.222. The van der Waals surface area contributed by atoms with Gasteiger partial charge in [-0.25, -0.2) is 15.2 Å². The van der Waals surface area contributed by atoms with E-state index in [0.717, 1.165) is 5.01 Å². The predicted molar refractivity (Wildman–Crippen MR) is 55.9 cm³/mol. The summed E-state index contributed by atoms with van der Waals surface area (Å²) in [6, 6.07) is 5.41. The van der Waals surface area contributed by atoms with Crippen LogP contribution in [0, 0.1) is 10.1 Å². The second kappa shape index (κ2) is 5.08. The molecule has 0 aliphatic rings. The molecule has 7 heteroatoms. The van der Waals surface area contributed by atoms with Crippen molar-refractivity contribution in [3.63, 3.8) is 0 Å². The Morgan fingerprint density at radius 1 is 1.56 bits per heavy atom. The van der Waals surface area contributed by atoms with Crippen molar-refractivity contribution in [1.29, 1.82) is 0 Å². The van der Waals surface area contributed by atoms with Crippen LogP contribution < -0.4 is 10.2 Å². The third-order valence-electron chi connectivity index (χ3n) is 1.84. The summed E-state index contributed by atoms with van der Waals surface area (Å²) in [5, 5.41) is 11.6. The van der Waals surface area contributed by atoms with Gasteiger partial charge in [-0.05, 0) is 6.07 Å². The Balaban J connectivity index is 2.78. The zero-order valence-corrected chi connectivity index (χ0v) is 8.84. The quantitative estimate of drug-likeness (QED) is 0.616. The normalized spacial score (nSPS) is 9.62. The molecular formula is C9H11N3O4. The molecule has 7 nitrogen and oxygen atoms in total. The van der Waals surface area contributed by atoms with E-state index < -0.39 is 11.0 Å². The van der Waals surface area contributed by atoms with Crippen LogP contribution in [0.15, 0.2) is 24.3 Å². The van der Waals surface area contributed by atoms with Gasteiger partial charge in [0.1, 0.15) is 5.75 Å². The van der Waals surface area contributed by atoms with Crippen molar-refractivity contribution in [3.05, 3.63) is 34.4 Å². The summed E-state index contributed by atoms with van der Waals surface area (Å²) in [5.41, 5.74) is 2.42. The number of hydrazine groups is 1. The summed E-state index contributed by atoms with van der Waals surface area (Å²) in [6.07, 6.45) is -0.650. The van der Waals surface area contributed by atoms with E-state index in [4.69, 9.17) is 4.74 Å². The van der Waals surface area contributed by atoms with E-state index in [1.165, 1.54) is 31.3 Å².